The van der Waals surface area contributed by atoms with Crippen LogP contribution in [0, 0.1) is 0 Å². The molecule has 0 fully saturated rings. The Morgan fingerprint density at radius 3 is 2.58 bits per heavy atom. The zero-order valence-electron chi connectivity index (χ0n) is 11.1. The number of pyridine rings is 1. The fourth-order valence-electron chi connectivity index (χ4n) is 1.95. The average Bonchev–Trinajstić information content (AvgIpc) is 2.37. The van der Waals surface area contributed by atoms with E-state index in [4.69, 9.17) is 5.11 Å². The van der Waals surface area contributed by atoms with Crippen LogP contribution in [0.25, 0.3) is 10.8 Å². The van der Waals surface area contributed by atoms with Gasteiger partial charge < -0.3 is 14.6 Å². The van der Waals surface area contributed by atoms with E-state index in [0.29, 0.717) is 5.39 Å². The third-order valence-corrected chi connectivity index (χ3v) is 3.21. The minimum atomic E-state index is -1.02. The zero-order chi connectivity index (χ0) is 14.2. The summed E-state index contributed by atoms with van der Waals surface area (Å²) in [5.41, 5.74) is 0.716. The summed E-state index contributed by atoms with van der Waals surface area (Å²) < 4.78 is 1.24. The molecule has 2 rings (SSSR count). The highest BCUT2D eigenvalue weighted by molar-refractivity contribution is 5.85. The highest BCUT2D eigenvalue weighted by Gasteiger charge is 2.15. The van der Waals surface area contributed by atoms with Gasteiger partial charge in [-0.05, 0) is 36.6 Å². The lowest BCUT2D eigenvalue weighted by molar-refractivity contribution is -0.140. The van der Waals surface area contributed by atoms with Crippen molar-refractivity contribution in [2.24, 2.45) is 0 Å². The standard InChI is InChI=1S/C14H16N2O3/c1-9(14(18)19)16-7-6-10-8-11(15(2)3)4-5-12(10)13(16)17/h4-9H,1-3H3,(H,18,19)/t9-/m1/s1. The van der Waals surface area contributed by atoms with E-state index in [1.807, 2.05) is 31.1 Å². The molecule has 0 bridgehead atoms. The Bertz CT molecular complexity index is 689. The predicted octanol–water partition coefficient (Wildman–Crippen LogP) is 1.71. The number of carbonyl (C=O) groups is 1. The molecule has 5 nitrogen and oxygen atoms in total. The zero-order valence-corrected chi connectivity index (χ0v) is 11.1. The van der Waals surface area contributed by atoms with E-state index >= 15 is 0 Å². The van der Waals surface area contributed by atoms with Crippen LogP contribution in [0.5, 0.6) is 0 Å². The van der Waals surface area contributed by atoms with E-state index < -0.39 is 12.0 Å². The van der Waals surface area contributed by atoms with Crippen molar-refractivity contribution in [2.75, 3.05) is 19.0 Å². The lowest BCUT2D eigenvalue weighted by Gasteiger charge is -2.14. The van der Waals surface area contributed by atoms with Crippen LogP contribution in [0.1, 0.15) is 13.0 Å². The van der Waals surface area contributed by atoms with Gasteiger partial charge in [-0.3, -0.25) is 4.79 Å². The quantitative estimate of drug-likeness (QED) is 0.912. The molecule has 0 saturated carbocycles. The number of carboxylic acids is 1. The Balaban J connectivity index is 2.64. The Morgan fingerprint density at radius 2 is 2.00 bits per heavy atom. The third kappa shape index (κ3) is 2.31. The summed E-state index contributed by atoms with van der Waals surface area (Å²) in [5, 5.41) is 10.3. The molecular formula is C14H16N2O3. The first-order valence-electron chi connectivity index (χ1n) is 5.97. The van der Waals surface area contributed by atoms with E-state index in [9.17, 15) is 9.59 Å². The second-order valence-electron chi connectivity index (χ2n) is 4.71. The van der Waals surface area contributed by atoms with Crippen LogP contribution in [0.3, 0.4) is 0 Å². The van der Waals surface area contributed by atoms with Gasteiger partial charge in [-0.2, -0.15) is 0 Å². The van der Waals surface area contributed by atoms with E-state index in [1.165, 1.54) is 17.7 Å². The SMILES string of the molecule is C[C@H](C(=O)O)n1ccc2cc(N(C)C)ccc2c1=O. The van der Waals surface area contributed by atoms with Crippen molar-refractivity contribution in [1.82, 2.24) is 4.57 Å². The molecule has 0 aliphatic carbocycles. The fraction of sp³-hybridized carbons (Fsp3) is 0.286. The molecule has 0 saturated heterocycles. The van der Waals surface area contributed by atoms with Gasteiger partial charge in [0.25, 0.3) is 5.56 Å². The number of hydrogen-bond donors (Lipinski definition) is 1. The van der Waals surface area contributed by atoms with Crippen molar-refractivity contribution in [3.05, 3.63) is 40.8 Å². The van der Waals surface area contributed by atoms with Crippen LogP contribution in [0.2, 0.25) is 0 Å². The predicted molar refractivity (Wildman–Crippen MR) is 74.9 cm³/mol. The summed E-state index contributed by atoms with van der Waals surface area (Å²) in [5.74, 6) is -1.02. The number of fused-ring (bicyclic) bond motifs is 1. The molecule has 100 valence electrons. The molecule has 0 amide bonds. The Labute approximate surface area is 110 Å². The normalized spacial score (nSPS) is 12.4. The van der Waals surface area contributed by atoms with Crippen LogP contribution >= 0.6 is 0 Å². The van der Waals surface area contributed by atoms with Gasteiger partial charge in [-0.25, -0.2) is 4.79 Å². The van der Waals surface area contributed by atoms with Crippen molar-refractivity contribution in [3.8, 4) is 0 Å². The fourth-order valence-corrected chi connectivity index (χ4v) is 1.95. The van der Waals surface area contributed by atoms with E-state index in [-0.39, 0.29) is 5.56 Å². The number of carboxylic acid groups (broad SMARTS) is 1. The maximum Gasteiger partial charge on any atom is 0.326 e. The number of nitrogens with zero attached hydrogens (tertiary/aromatic N) is 2. The second kappa shape index (κ2) is 4.76. The first-order valence-corrected chi connectivity index (χ1v) is 5.97. The molecule has 1 aromatic carbocycles. The molecule has 0 aliphatic heterocycles. The van der Waals surface area contributed by atoms with Crippen LogP contribution < -0.4 is 10.5 Å². The van der Waals surface area contributed by atoms with Crippen molar-refractivity contribution >= 4 is 22.4 Å². The van der Waals surface area contributed by atoms with Crippen LogP contribution in [0.4, 0.5) is 5.69 Å². The first kappa shape index (κ1) is 13.1. The minimum absolute atomic E-state index is 0.280. The average molecular weight is 260 g/mol. The first-order chi connectivity index (χ1) is 8.91. The van der Waals surface area contributed by atoms with Gasteiger partial charge >= 0.3 is 5.97 Å². The molecule has 1 N–H and O–H groups in total. The van der Waals surface area contributed by atoms with Crippen LogP contribution in [-0.4, -0.2) is 29.7 Å². The summed E-state index contributed by atoms with van der Waals surface area (Å²) in [6.07, 6.45) is 1.53. The van der Waals surface area contributed by atoms with E-state index in [2.05, 4.69) is 0 Å². The molecule has 0 unspecified atom stereocenters. The number of hydrogen-bond acceptors (Lipinski definition) is 3. The number of aliphatic carboxylic acids is 1. The minimum Gasteiger partial charge on any atom is -0.480 e. The Hall–Kier alpha value is -2.30. The molecule has 0 radical (unpaired) electrons. The van der Waals surface area contributed by atoms with Crippen molar-refractivity contribution in [1.29, 1.82) is 0 Å². The van der Waals surface area contributed by atoms with Crippen LogP contribution in [0.15, 0.2) is 35.3 Å². The van der Waals surface area contributed by atoms with Crippen molar-refractivity contribution in [3.63, 3.8) is 0 Å². The number of anilines is 1. The Morgan fingerprint density at radius 1 is 1.32 bits per heavy atom. The lowest BCUT2D eigenvalue weighted by atomic mass is 10.1. The highest BCUT2D eigenvalue weighted by Crippen LogP contribution is 2.19. The van der Waals surface area contributed by atoms with E-state index in [0.717, 1.165) is 11.1 Å². The van der Waals surface area contributed by atoms with Crippen molar-refractivity contribution < 1.29 is 9.90 Å². The largest absolute Gasteiger partial charge is 0.480 e. The van der Waals surface area contributed by atoms with Gasteiger partial charge in [0.15, 0.2) is 0 Å². The summed E-state index contributed by atoms with van der Waals surface area (Å²) >= 11 is 0. The van der Waals surface area contributed by atoms with E-state index in [1.54, 1.807) is 12.1 Å². The van der Waals surface area contributed by atoms with Gasteiger partial charge in [0.05, 0.1) is 0 Å². The van der Waals surface area contributed by atoms with Gasteiger partial charge in [0.2, 0.25) is 0 Å². The third-order valence-electron chi connectivity index (χ3n) is 3.21. The molecule has 0 aliphatic rings. The maximum atomic E-state index is 12.2. The molecule has 5 heteroatoms. The summed E-state index contributed by atoms with van der Waals surface area (Å²) in [4.78, 5) is 25.2. The molecule has 19 heavy (non-hydrogen) atoms. The van der Waals surface area contributed by atoms with Gasteiger partial charge in [0, 0.05) is 31.4 Å². The van der Waals surface area contributed by atoms with Gasteiger partial charge in [-0.1, -0.05) is 0 Å². The molecule has 0 spiro atoms. The second-order valence-corrected chi connectivity index (χ2v) is 4.71. The highest BCUT2D eigenvalue weighted by atomic mass is 16.4. The van der Waals surface area contributed by atoms with Crippen LogP contribution in [-0.2, 0) is 4.79 Å². The monoisotopic (exact) mass is 260 g/mol. The van der Waals surface area contributed by atoms with Gasteiger partial charge in [0.1, 0.15) is 6.04 Å². The summed E-state index contributed by atoms with van der Waals surface area (Å²) in [6, 6.07) is 6.39. The number of rotatable bonds is 3. The number of benzene rings is 1. The lowest BCUT2D eigenvalue weighted by Crippen LogP contribution is -2.27. The summed E-state index contributed by atoms with van der Waals surface area (Å²) in [6.45, 7) is 1.49. The maximum absolute atomic E-state index is 12.2. The molecule has 2 aromatic rings. The molecule has 1 aromatic heterocycles. The molecule has 1 atom stereocenters. The molecule has 1 heterocycles. The number of aromatic nitrogens is 1. The molecular weight excluding hydrogens is 244 g/mol. The Kier molecular flexibility index (Phi) is 3.29. The van der Waals surface area contributed by atoms with Crippen molar-refractivity contribution in [2.45, 2.75) is 13.0 Å². The smallest absolute Gasteiger partial charge is 0.326 e. The summed E-state index contributed by atoms with van der Waals surface area (Å²) in [7, 11) is 3.85. The topological polar surface area (TPSA) is 62.5 Å². The van der Waals surface area contributed by atoms with Gasteiger partial charge in [-0.15, -0.1) is 0 Å².